The fraction of sp³-hybridized carbons (Fsp3) is 0.444. The van der Waals surface area contributed by atoms with Gasteiger partial charge in [-0.1, -0.05) is 0 Å². The smallest absolute Gasteiger partial charge is 0.212 e. The molecule has 1 heterocycles. The maximum absolute atomic E-state index is 11.4. The number of hydrogen-bond donors (Lipinski definition) is 1. The molecule has 0 aliphatic carbocycles. The third-order valence-electron chi connectivity index (χ3n) is 1.64. The number of carbonyl (C=O) groups is 1. The first-order chi connectivity index (χ1) is 6.29. The average Bonchev–Trinajstić information content (AvgIpc) is 2.54. The Morgan fingerprint density at radius 1 is 1.69 bits per heavy atom. The molecule has 0 spiro atoms. The van der Waals surface area contributed by atoms with E-state index < -0.39 is 0 Å². The molecule has 0 amide bonds. The second-order valence-corrected chi connectivity index (χ2v) is 2.66. The normalized spacial score (nSPS) is 10.3. The third-order valence-corrected chi connectivity index (χ3v) is 1.64. The van der Waals surface area contributed by atoms with Crippen molar-refractivity contribution in [3.8, 4) is 0 Å². The lowest BCUT2D eigenvalue weighted by atomic mass is 10.2. The lowest BCUT2D eigenvalue weighted by Crippen LogP contribution is -2.19. The van der Waals surface area contributed by atoms with Gasteiger partial charge >= 0.3 is 0 Å². The molecule has 13 heavy (non-hydrogen) atoms. The van der Waals surface area contributed by atoms with E-state index >= 15 is 0 Å². The second kappa shape index (κ2) is 4.79. The van der Waals surface area contributed by atoms with Crippen LogP contribution in [0.4, 0.5) is 0 Å². The summed E-state index contributed by atoms with van der Waals surface area (Å²) in [6.07, 6.45) is 1.50. The zero-order chi connectivity index (χ0) is 9.68. The summed E-state index contributed by atoms with van der Waals surface area (Å²) in [5.74, 6) is 0.329. The first-order valence-electron chi connectivity index (χ1n) is 4.02. The van der Waals surface area contributed by atoms with Crippen molar-refractivity contribution in [3.05, 3.63) is 23.7 Å². The Kier molecular flexibility index (Phi) is 3.67. The number of likely N-dealkylation sites (N-methyl/N-ethyl adjacent to an activating group) is 1. The van der Waals surface area contributed by atoms with Gasteiger partial charge in [-0.2, -0.15) is 0 Å². The maximum atomic E-state index is 11.4. The van der Waals surface area contributed by atoms with Crippen molar-refractivity contribution in [2.45, 2.75) is 6.61 Å². The molecular formula is C9H13NO3. The van der Waals surface area contributed by atoms with E-state index in [1.54, 1.807) is 20.2 Å². The molecule has 1 rings (SSSR count). The molecule has 1 aromatic heterocycles. The second-order valence-electron chi connectivity index (χ2n) is 2.66. The van der Waals surface area contributed by atoms with Crippen molar-refractivity contribution in [1.29, 1.82) is 0 Å². The van der Waals surface area contributed by atoms with Crippen LogP contribution in [0.5, 0.6) is 0 Å². The van der Waals surface area contributed by atoms with Crippen molar-refractivity contribution in [3.63, 3.8) is 0 Å². The number of rotatable bonds is 5. The lowest BCUT2D eigenvalue weighted by Gasteiger charge is -1.99. The van der Waals surface area contributed by atoms with Crippen LogP contribution in [0.3, 0.4) is 0 Å². The molecule has 0 bridgehead atoms. The van der Waals surface area contributed by atoms with Gasteiger partial charge in [0.2, 0.25) is 5.78 Å². The number of ketones is 1. The van der Waals surface area contributed by atoms with Crippen molar-refractivity contribution in [2.24, 2.45) is 0 Å². The minimum absolute atomic E-state index is 0.0560. The molecule has 1 aromatic rings. The van der Waals surface area contributed by atoms with Crippen LogP contribution in [0.25, 0.3) is 0 Å². The van der Waals surface area contributed by atoms with Gasteiger partial charge in [0.1, 0.15) is 0 Å². The summed E-state index contributed by atoms with van der Waals surface area (Å²) in [5.41, 5.74) is 0.794. The van der Waals surface area contributed by atoms with Crippen LogP contribution in [-0.4, -0.2) is 26.5 Å². The highest BCUT2D eigenvalue weighted by Gasteiger charge is 2.13. The summed E-state index contributed by atoms with van der Waals surface area (Å²) in [6.45, 7) is 0.686. The molecule has 4 heteroatoms. The van der Waals surface area contributed by atoms with Crippen molar-refractivity contribution < 1.29 is 13.9 Å². The predicted molar refractivity (Wildman–Crippen MR) is 47.7 cm³/mol. The van der Waals surface area contributed by atoms with Gasteiger partial charge in [-0.15, -0.1) is 0 Å². The van der Waals surface area contributed by atoms with Crippen LogP contribution >= 0.6 is 0 Å². The van der Waals surface area contributed by atoms with Gasteiger partial charge in [0.25, 0.3) is 0 Å². The molecule has 0 aliphatic heterocycles. The first-order valence-corrected chi connectivity index (χ1v) is 4.02. The zero-order valence-electron chi connectivity index (χ0n) is 7.79. The molecule has 0 aromatic carbocycles. The van der Waals surface area contributed by atoms with Gasteiger partial charge in [-0.3, -0.25) is 4.79 Å². The van der Waals surface area contributed by atoms with E-state index in [0.717, 1.165) is 5.56 Å². The van der Waals surface area contributed by atoms with Gasteiger partial charge in [0.15, 0.2) is 5.76 Å². The van der Waals surface area contributed by atoms with E-state index in [-0.39, 0.29) is 12.3 Å². The number of carbonyl (C=O) groups excluding carboxylic acids is 1. The minimum atomic E-state index is -0.0560. The quantitative estimate of drug-likeness (QED) is 0.687. The Labute approximate surface area is 76.9 Å². The zero-order valence-corrected chi connectivity index (χ0v) is 7.79. The molecule has 1 N–H and O–H groups in total. The Balaban J connectivity index is 2.74. The van der Waals surface area contributed by atoms with E-state index in [0.29, 0.717) is 12.4 Å². The van der Waals surface area contributed by atoms with Gasteiger partial charge < -0.3 is 14.5 Å². The summed E-state index contributed by atoms with van der Waals surface area (Å²) < 4.78 is 9.98. The Bertz CT molecular complexity index is 280. The van der Waals surface area contributed by atoms with Gasteiger partial charge in [-0.25, -0.2) is 0 Å². The maximum Gasteiger partial charge on any atom is 0.212 e. The van der Waals surface area contributed by atoms with E-state index in [9.17, 15) is 4.79 Å². The molecule has 0 fully saturated rings. The molecule has 0 unspecified atom stereocenters. The van der Waals surface area contributed by atoms with Crippen LogP contribution in [0.2, 0.25) is 0 Å². The highest BCUT2D eigenvalue weighted by molar-refractivity contribution is 5.96. The van der Waals surface area contributed by atoms with Crippen molar-refractivity contribution >= 4 is 5.78 Å². The van der Waals surface area contributed by atoms with E-state index in [1.807, 2.05) is 0 Å². The highest BCUT2D eigenvalue weighted by Crippen LogP contribution is 2.11. The predicted octanol–water partition coefficient (Wildman–Crippen LogP) is 0.828. The monoisotopic (exact) mass is 183 g/mol. The largest absolute Gasteiger partial charge is 0.461 e. The number of hydrogen-bond acceptors (Lipinski definition) is 4. The third kappa shape index (κ3) is 2.40. The van der Waals surface area contributed by atoms with E-state index in [1.165, 1.54) is 6.26 Å². The van der Waals surface area contributed by atoms with Crippen LogP contribution in [-0.2, 0) is 11.3 Å². The summed E-state index contributed by atoms with van der Waals surface area (Å²) >= 11 is 0. The summed E-state index contributed by atoms with van der Waals surface area (Å²) in [6, 6.07) is 1.74. The molecule has 4 nitrogen and oxygen atoms in total. The van der Waals surface area contributed by atoms with E-state index in [4.69, 9.17) is 9.15 Å². The Morgan fingerprint density at radius 3 is 3.08 bits per heavy atom. The number of Topliss-reactive ketones (excluding diaryl/α,β-unsaturated/α-hetero) is 1. The van der Waals surface area contributed by atoms with Gasteiger partial charge in [0, 0.05) is 12.7 Å². The van der Waals surface area contributed by atoms with Gasteiger partial charge in [0.05, 0.1) is 19.4 Å². The van der Waals surface area contributed by atoms with Crippen molar-refractivity contribution in [2.75, 3.05) is 20.7 Å². The minimum Gasteiger partial charge on any atom is -0.461 e. The SMILES string of the molecule is CNCC(=O)c1occc1COC. The summed E-state index contributed by atoms with van der Waals surface area (Å²) in [4.78, 5) is 11.4. The Morgan fingerprint density at radius 2 is 2.46 bits per heavy atom. The summed E-state index contributed by atoms with van der Waals surface area (Å²) in [5, 5.41) is 2.77. The molecule has 0 aliphatic rings. The average molecular weight is 183 g/mol. The number of furan rings is 1. The molecule has 72 valence electrons. The number of ether oxygens (including phenoxy) is 1. The van der Waals surface area contributed by atoms with Crippen LogP contribution in [0.15, 0.2) is 16.7 Å². The molecule has 0 radical (unpaired) electrons. The first kappa shape index (κ1) is 9.95. The van der Waals surface area contributed by atoms with Crippen molar-refractivity contribution in [1.82, 2.24) is 5.32 Å². The fourth-order valence-corrected chi connectivity index (χ4v) is 1.09. The Hall–Kier alpha value is -1.13. The van der Waals surface area contributed by atoms with Gasteiger partial charge in [-0.05, 0) is 13.1 Å². The number of methoxy groups -OCH3 is 1. The molecule has 0 saturated heterocycles. The fourth-order valence-electron chi connectivity index (χ4n) is 1.09. The standard InChI is InChI=1S/C9H13NO3/c1-10-5-8(11)9-7(6-12-2)3-4-13-9/h3-4,10H,5-6H2,1-2H3. The van der Waals surface area contributed by atoms with E-state index in [2.05, 4.69) is 5.32 Å². The van der Waals surface area contributed by atoms with Crippen LogP contribution < -0.4 is 5.32 Å². The molecule has 0 atom stereocenters. The summed E-state index contributed by atoms with van der Waals surface area (Å²) in [7, 11) is 3.30. The number of nitrogens with one attached hydrogen (secondary N) is 1. The highest BCUT2D eigenvalue weighted by atomic mass is 16.5. The topological polar surface area (TPSA) is 51.5 Å². The van der Waals surface area contributed by atoms with Crippen LogP contribution in [0, 0.1) is 0 Å². The lowest BCUT2D eigenvalue weighted by molar-refractivity contribution is 0.0960. The molecular weight excluding hydrogens is 170 g/mol. The van der Waals surface area contributed by atoms with Crippen LogP contribution in [0.1, 0.15) is 16.1 Å². The molecule has 0 saturated carbocycles.